The topological polar surface area (TPSA) is 63.8 Å². The Balaban J connectivity index is 2.08. The zero-order valence-corrected chi connectivity index (χ0v) is 15.6. The lowest BCUT2D eigenvalue weighted by atomic mass is 10.1. The number of rotatable bonds is 7. The van der Waals surface area contributed by atoms with Gasteiger partial charge in [-0.2, -0.15) is 5.26 Å². The van der Waals surface area contributed by atoms with Crippen molar-refractivity contribution in [2.45, 2.75) is 13.5 Å². The van der Waals surface area contributed by atoms with Crippen molar-refractivity contribution in [2.24, 2.45) is 5.16 Å². The van der Waals surface area contributed by atoms with Crippen LogP contribution in [0.2, 0.25) is 0 Å². The fourth-order valence-electron chi connectivity index (χ4n) is 2.08. The number of hydrogen-bond donors (Lipinski definition) is 0. The van der Waals surface area contributed by atoms with Crippen LogP contribution in [0.3, 0.4) is 0 Å². The Morgan fingerprint density at radius 1 is 1.29 bits per heavy atom. The van der Waals surface area contributed by atoms with Crippen LogP contribution in [0.25, 0.3) is 0 Å². The molecule has 0 aliphatic heterocycles. The molecule has 2 rings (SSSR count). The minimum Gasteiger partial charge on any atom is -0.492 e. The average molecular weight is 436 g/mol. The Hall–Kier alpha value is -2.27. The Morgan fingerprint density at radius 3 is 2.79 bits per heavy atom. The summed E-state index contributed by atoms with van der Waals surface area (Å²) in [6.07, 6.45) is 1.61. The number of ether oxygens (including phenoxy) is 2. The summed E-state index contributed by atoms with van der Waals surface area (Å²) in [6, 6.07) is 13.2. The summed E-state index contributed by atoms with van der Waals surface area (Å²) in [5.41, 5.74) is 2.24. The van der Waals surface area contributed by atoms with Crippen LogP contribution in [0.4, 0.5) is 0 Å². The lowest BCUT2D eigenvalue weighted by Crippen LogP contribution is -1.99. The molecule has 0 aliphatic rings. The molecule has 24 heavy (non-hydrogen) atoms. The largest absolute Gasteiger partial charge is 0.492 e. The highest BCUT2D eigenvalue weighted by Gasteiger charge is 2.10. The Labute approximate surface area is 155 Å². The molecule has 0 heterocycles. The number of methoxy groups -OCH3 is 1. The van der Waals surface area contributed by atoms with Crippen LogP contribution < -0.4 is 9.47 Å². The second kappa shape index (κ2) is 9.13. The van der Waals surface area contributed by atoms with Gasteiger partial charge in [0, 0.05) is 11.1 Å². The first-order valence-electron chi connectivity index (χ1n) is 7.33. The van der Waals surface area contributed by atoms with E-state index in [0.717, 1.165) is 14.7 Å². The highest BCUT2D eigenvalue weighted by molar-refractivity contribution is 14.1. The molecule has 0 saturated carbocycles. The number of nitriles is 1. The first-order chi connectivity index (χ1) is 11.7. The number of halogens is 1. The van der Waals surface area contributed by atoms with E-state index in [2.05, 4.69) is 33.8 Å². The second-order valence-electron chi connectivity index (χ2n) is 4.74. The third-order valence-corrected chi connectivity index (χ3v) is 3.97. The summed E-state index contributed by atoms with van der Waals surface area (Å²) < 4.78 is 11.9. The molecule has 2 aromatic carbocycles. The standard InChI is InChI=1S/C18H17IN2O3/c1-3-23-17-9-13(8-16(19)18(17)22-2)11-21-24-12-15-7-5-4-6-14(15)10-20/h4-9,11H,3,12H2,1-2H3/b21-11-. The van der Waals surface area contributed by atoms with E-state index in [4.69, 9.17) is 19.6 Å². The SMILES string of the molecule is CCOc1cc(/C=N\OCc2ccccc2C#N)cc(I)c1OC. The molecule has 2 aromatic rings. The quantitative estimate of drug-likeness (QED) is 0.372. The molecule has 6 heteroatoms. The molecule has 0 spiro atoms. The molecule has 0 radical (unpaired) electrons. The Kier molecular flexibility index (Phi) is 6.88. The fourth-order valence-corrected chi connectivity index (χ4v) is 2.93. The molecule has 0 N–H and O–H groups in total. The van der Waals surface area contributed by atoms with Gasteiger partial charge in [-0.1, -0.05) is 23.4 Å². The summed E-state index contributed by atoms with van der Waals surface area (Å²) in [6.45, 7) is 2.71. The molecular weight excluding hydrogens is 419 g/mol. The van der Waals surface area contributed by atoms with E-state index in [1.165, 1.54) is 0 Å². The van der Waals surface area contributed by atoms with E-state index in [-0.39, 0.29) is 6.61 Å². The summed E-state index contributed by atoms with van der Waals surface area (Å²) >= 11 is 2.19. The van der Waals surface area contributed by atoms with Gasteiger partial charge in [-0.25, -0.2) is 0 Å². The van der Waals surface area contributed by atoms with Gasteiger partial charge in [0.2, 0.25) is 0 Å². The molecule has 0 amide bonds. The minimum absolute atomic E-state index is 0.242. The van der Waals surface area contributed by atoms with Gasteiger partial charge in [0.25, 0.3) is 0 Å². The highest BCUT2D eigenvalue weighted by Crippen LogP contribution is 2.33. The van der Waals surface area contributed by atoms with Gasteiger partial charge in [-0.15, -0.1) is 0 Å². The smallest absolute Gasteiger partial charge is 0.174 e. The maximum absolute atomic E-state index is 9.04. The summed E-state index contributed by atoms with van der Waals surface area (Å²) in [5.74, 6) is 1.38. The van der Waals surface area contributed by atoms with Crippen molar-refractivity contribution in [1.82, 2.24) is 0 Å². The number of benzene rings is 2. The van der Waals surface area contributed by atoms with Crippen LogP contribution in [0, 0.1) is 14.9 Å². The Morgan fingerprint density at radius 2 is 2.08 bits per heavy atom. The lowest BCUT2D eigenvalue weighted by molar-refractivity contribution is 0.132. The van der Waals surface area contributed by atoms with Crippen LogP contribution in [-0.4, -0.2) is 19.9 Å². The molecular formula is C18H17IN2O3. The number of hydrogen-bond acceptors (Lipinski definition) is 5. The molecule has 0 aliphatic carbocycles. The van der Waals surface area contributed by atoms with Crippen molar-refractivity contribution in [2.75, 3.05) is 13.7 Å². The molecule has 0 aromatic heterocycles. The normalized spacial score (nSPS) is 10.4. The van der Waals surface area contributed by atoms with Crippen molar-refractivity contribution < 1.29 is 14.3 Å². The fraction of sp³-hybridized carbons (Fsp3) is 0.222. The maximum Gasteiger partial charge on any atom is 0.174 e. The number of nitrogens with zero attached hydrogens (tertiary/aromatic N) is 2. The Bertz CT molecular complexity index is 769. The van der Waals surface area contributed by atoms with Gasteiger partial charge < -0.3 is 14.3 Å². The zero-order valence-electron chi connectivity index (χ0n) is 13.5. The summed E-state index contributed by atoms with van der Waals surface area (Å²) in [4.78, 5) is 5.31. The van der Waals surface area contributed by atoms with Gasteiger partial charge >= 0.3 is 0 Å². The van der Waals surface area contributed by atoms with E-state index >= 15 is 0 Å². The summed E-state index contributed by atoms with van der Waals surface area (Å²) in [5, 5.41) is 13.0. The molecule has 0 unspecified atom stereocenters. The third-order valence-electron chi connectivity index (χ3n) is 3.17. The molecule has 0 fully saturated rings. The first-order valence-corrected chi connectivity index (χ1v) is 8.41. The van der Waals surface area contributed by atoms with E-state index in [9.17, 15) is 0 Å². The molecule has 0 atom stereocenters. The van der Waals surface area contributed by atoms with Crippen molar-refractivity contribution in [3.63, 3.8) is 0 Å². The van der Waals surface area contributed by atoms with Crippen LogP contribution >= 0.6 is 22.6 Å². The first kappa shape index (κ1) is 18.1. The lowest BCUT2D eigenvalue weighted by Gasteiger charge is -2.11. The van der Waals surface area contributed by atoms with E-state index in [1.807, 2.05) is 37.3 Å². The third kappa shape index (κ3) is 4.61. The minimum atomic E-state index is 0.242. The molecule has 0 bridgehead atoms. The molecule has 0 saturated heterocycles. The van der Waals surface area contributed by atoms with Crippen LogP contribution in [0.1, 0.15) is 23.6 Å². The monoisotopic (exact) mass is 436 g/mol. The van der Waals surface area contributed by atoms with Crippen LogP contribution in [0.5, 0.6) is 11.5 Å². The van der Waals surface area contributed by atoms with Crippen molar-refractivity contribution in [3.8, 4) is 17.6 Å². The zero-order chi connectivity index (χ0) is 17.4. The van der Waals surface area contributed by atoms with Crippen molar-refractivity contribution >= 4 is 28.8 Å². The van der Waals surface area contributed by atoms with Gasteiger partial charge in [0.1, 0.15) is 6.61 Å². The predicted molar refractivity (Wildman–Crippen MR) is 100 cm³/mol. The van der Waals surface area contributed by atoms with E-state index in [1.54, 1.807) is 19.4 Å². The van der Waals surface area contributed by atoms with Crippen molar-refractivity contribution in [1.29, 1.82) is 5.26 Å². The highest BCUT2D eigenvalue weighted by atomic mass is 127. The predicted octanol–water partition coefficient (Wildman–Crippen LogP) is 4.12. The summed E-state index contributed by atoms with van der Waals surface area (Å²) in [7, 11) is 1.61. The van der Waals surface area contributed by atoms with Gasteiger partial charge in [-0.3, -0.25) is 0 Å². The van der Waals surface area contributed by atoms with Gasteiger partial charge in [0.15, 0.2) is 11.5 Å². The number of oxime groups is 1. The van der Waals surface area contributed by atoms with Crippen LogP contribution in [-0.2, 0) is 11.4 Å². The maximum atomic E-state index is 9.04. The van der Waals surface area contributed by atoms with E-state index < -0.39 is 0 Å². The van der Waals surface area contributed by atoms with Gasteiger partial charge in [0.05, 0.1) is 35.1 Å². The average Bonchev–Trinajstić information content (AvgIpc) is 2.59. The molecule has 5 nitrogen and oxygen atoms in total. The second-order valence-corrected chi connectivity index (χ2v) is 5.91. The van der Waals surface area contributed by atoms with Gasteiger partial charge in [-0.05, 0) is 47.7 Å². The molecule has 124 valence electrons. The van der Waals surface area contributed by atoms with Crippen LogP contribution in [0.15, 0.2) is 41.6 Å². The van der Waals surface area contributed by atoms with Crippen molar-refractivity contribution in [3.05, 3.63) is 56.7 Å². The van der Waals surface area contributed by atoms with E-state index in [0.29, 0.717) is 23.7 Å².